The molecule has 1 aromatic rings. The zero-order valence-electron chi connectivity index (χ0n) is 14.1. The number of aliphatic hydroxyl groups is 1. The fraction of sp³-hybridized carbons (Fsp3) is 0.667. The fourth-order valence-electron chi connectivity index (χ4n) is 3.15. The van der Waals surface area contributed by atoms with Gasteiger partial charge >= 0.3 is 0 Å². The van der Waals surface area contributed by atoms with Gasteiger partial charge in [-0.05, 0) is 43.5 Å². The molecular weight excluding hydrogens is 298 g/mol. The normalized spacial score (nSPS) is 20.3. The second-order valence-corrected chi connectivity index (χ2v) is 6.86. The molecule has 3 nitrogen and oxygen atoms in total. The van der Waals surface area contributed by atoms with Crippen LogP contribution in [0.5, 0.6) is 0 Å². The monoisotopic (exact) mass is 326 g/mol. The van der Waals surface area contributed by atoms with Crippen LogP contribution in [0.3, 0.4) is 0 Å². The van der Waals surface area contributed by atoms with E-state index in [1.165, 1.54) is 12.1 Å². The number of piperazine rings is 1. The van der Waals surface area contributed by atoms with Gasteiger partial charge in [0.25, 0.3) is 0 Å². The molecule has 130 valence electrons. The van der Waals surface area contributed by atoms with Crippen LogP contribution in [0.25, 0.3) is 0 Å². The summed E-state index contributed by atoms with van der Waals surface area (Å²) in [6.07, 6.45) is 1.86. The first-order valence-electron chi connectivity index (χ1n) is 8.50. The summed E-state index contributed by atoms with van der Waals surface area (Å²) in [6.45, 7) is 8.58. The Labute approximate surface area is 137 Å². The molecule has 0 saturated carbocycles. The third kappa shape index (κ3) is 5.52. The number of aliphatic hydroxyl groups excluding tert-OH is 1. The van der Waals surface area contributed by atoms with E-state index < -0.39 is 5.82 Å². The van der Waals surface area contributed by atoms with Gasteiger partial charge in [0.15, 0.2) is 0 Å². The fourth-order valence-corrected chi connectivity index (χ4v) is 3.15. The van der Waals surface area contributed by atoms with Crippen molar-refractivity contribution < 1.29 is 13.9 Å². The van der Waals surface area contributed by atoms with Crippen molar-refractivity contribution in [2.75, 3.05) is 32.8 Å². The summed E-state index contributed by atoms with van der Waals surface area (Å²) in [5, 5.41) is 9.32. The molecule has 1 heterocycles. The molecule has 1 aromatic carbocycles. The molecule has 5 heteroatoms. The molecule has 0 spiro atoms. The molecule has 23 heavy (non-hydrogen) atoms. The summed E-state index contributed by atoms with van der Waals surface area (Å²) in [5.41, 5.74) is 0.406. The Morgan fingerprint density at radius 2 is 2.04 bits per heavy atom. The highest BCUT2D eigenvalue weighted by atomic mass is 19.1. The Bertz CT molecular complexity index is 496. The van der Waals surface area contributed by atoms with Crippen LogP contribution in [0.15, 0.2) is 18.2 Å². The lowest BCUT2D eigenvalue weighted by Gasteiger charge is -2.41. The molecule has 1 aliphatic heterocycles. The molecule has 1 saturated heterocycles. The maximum absolute atomic E-state index is 13.8. The summed E-state index contributed by atoms with van der Waals surface area (Å²) in [4.78, 5) is 4.58. The number of hydrogen-bond donors (Lipinski definition) is 1. The van der Waals surface area contributed by atoms with E-state index >= 15 is 0 Å². The minimum atomic E-state index is -0.399. The van der Waals surface area contributed by atoms with Gasteiger partial charge in [0.05, 0.1) is 0 Å². The minimum absolute atomic E-state index is 0.158. The zero-order valence-corrected chi connectivity index (χ0v) is 14.1. The third-order valence-corrected chi connectivity index (χ3v) is 4.55. The van der Waals surface area contributed by atoms with Gasteiger partial charge in [-0.25, -0.2) is 8.78 Å². The standard InChI is InChI=1S/C18H28F2N2O/c1-14(2)5-7-22-9-8-21(13-17(22)6-10-23)12-15-11-16(19)3-4-18(15)20/h3-4,11,14,17,23H,5-10,12-13H2,1-2H3/t17-/m0/s1. The number of nitrogens with zero attached hydrogens (tertiary/aromatic N) is 2. The topological polar surface area (TPSA) is 26.7 Å². The van der Waals surface area contributed by atoms with Gasteiger partial charge in [0.1, 0.15) is 11.6 Å². The first-order valence-corrected chi connectivity index (χ1v) is 8.50. The summed E-state index contributed by atoms with van der Waals surface area (Å²) < 4.78 is 27.1. The Kier molecular flexibility index (Phi) is 6.93. The highest BCUT2D eigenvalue weighted by Crippen LogP contribution is 2.19. The van der Waals surface area contributed by atoms with Crippen LogP contribution in [0.4, 0.5) is 8.78 Å². The zero-order chi connectivity index (χ0) is 16.8. The van der Waals surface area contributed by atoms with Gasteiger partial charge in [0, 0.05) is 44.4 Å². The molecule has 1 atom stereocenters. The second-order valence-electron chi connectivity index (χ2n) is 6.86. The molecule has 1 N–H and O–H groups in total. The largest absolute Gasteiger partial charge is 0.396 e. The van der Waals surface area contributed by atoms with E-state index in [-0.39, 0.29) is 18.5 Å². The number of halogens is 2. The van der Waals surface area contributed by atoms with Gasteiger partial charge in [-0.3, -0.25) is 9.80 Å². The van der Waals surface area contributed by atoms with Crippen molar-refractivity contribution in [2.24, 2.45) is 5.92 Å². The summed E-state index contributed by atoms with van der Waals surface area (Å²) in [6, 6.07) is 3.90. The molecular formula is C18H28F2N2O. The Morgan fingerprint density at radius 3 is 2.74 bits per heavy atom. The van der Waals surface area contributed by atoms with Crippen LogP contribution in [-0.2, 0) is 6.54 Å². The lowest BCUT2D eigenvalue weighted by Crippen LogP contribution is -2.53. The van der Waals surface area contributed by atoms with Gasteiger partial charge in [-0.15, -0.1) is 0 Å². The van der Waals surface area contributed by atoms with Crippen LogP contribution >= 0.6 is 0 Å². The molecule has 0 amide bonds. The average molecular weight is 326 g/mol. The first-order chi connectivity index (χ1) is 11.0. The second kappa shape index (κ2) is 8.71. The highest BCUT2D eigenvalue weighted by molar-refractivity contribution is 5.18. The Morgan fingerprint density at radius 1 is 1.26 bits per heavy atom. The summed E-state index contributed by atoms with van der Waals surface area (Å²) in [5.74, 6) is -0.0968. The van der Waals surface area contributed by atoms with Gasteiger partial charge in [-0.2, -0.15) is 0 Å². The van der Waals surface area contributed by atoms with E-state index in [1.54, 1.807) is 0 Å². The Balaban J connectivity index is 1.96. The van der Waals surface area contributed by atoms with Crippen molar-refractivity contribution in [2.45, 2.75) is 39.3 Å². The number of hydrogen-bond acceptors (Lipinski definition) is 3. The van der Waals surface area contributed by atoms with E-state index in [9.17, 15) is 13.9 Å². The SMILES string of the molecule is CC(C)CCN1CCN(Cc2cc(F)ccc2F)C[C@@H]1CCO. The van der Waals surface area contributed by atoms with Crippen molar-refractivity contribution in [3.8, 4) is 0 Å². The lowest BCUT2D eigenvalue weighted by atomic mass is 10.0. The van der Waals surface area contributed by atoms with Crippen molar-refractivity contribution in [1.82, 2.24) is 9.80 Å². The quantitative estimate of drug-likeness (QED) is 0.835. The van der Waals surface area contributed by atoms with E-state index in [4.69, 9.17) is 0 Å². The van der Waals surface area contributed by atoms with Crippen LogP contribution < -0.4 is 0 Å². The molecule has 2 rings (SSSR count). The van der Waals surface area contributed by atoms with E-state index in [0.717, 1.165) is 45.1 Å². The van der Waals surface area contributed by atoms with Crippen molar-refractivity contribution in [1.29, 1.82) is 0 Å². The highest BCUT2D eigenvalue weighted by Gasteiger charge is 2.26. The maximum Gasteiger partial charge on any atom is 0.127 e. The van der Waals surface area contributed by atoms with Gasteiger partial charge in [0.2, 0.25) is 0 Å². The van der Waals surface area contributed by atoms with E-state index in [2.05, 4.69) is 23.6 Å². The van der Waals surface area contributed by atoms with Crippen LogP contribution in [-0.4, -0.2) is 53.7 Å². The number of rotatable bonds is 7. The van der Waals surface area contributed by atoms with Crippen molar-refractivity contribution >= 4 is 0 Å². The predicted octanol–water partition coefficient (Wildman–Crippen LogP) is 2.88. The molecule has 0 radical (unpaired) electrons. The molecule has 0 bridgehead atoms. The number of benzene rings is 1. The maximum atomic E-state index is 13.8. The summed E-state index contributed by atoms with van der Waals surface area (Å²) in [7, 11) is 0. The van der Waals surface area contributed by atoms with E-state index in [1.807, 2.05) is 0 Å². The lowest BCUT2D eigenvalue weighted by molar-refractivity contribution is 0.0518. The van der Waals surface area contributed by atoms with Gasteiger partial charge in [-0.1, -0.05) is 13.8 Å². The Hall–Kier alpha value is -1.04. The predicted molar refractivity (Wildman–Crippen MR) is 88.2 cm³/mol. The average Bonchev–Trinajstić information content (AvgIpc) is 2.50. The van der Waals surface area contributed by atoms with Crippen molar-refractivity contribution in [3.63, 3.8) is 0 Å². The first kappa shape index (κ1) is 18.3. The van der Waals surface area contributed by atoms with Gasteiger partial charge < -0.3 is 5.11 Å². The van der Waals surface area contributed by atoms with Crippen LogP contribution in [0.2, 0.25) is 0 Å². The molecule has 0 aliphatic carbocycles. The summed E-state index contributed by atoms with van der Waals surface area (Å²) >= 11 is 0. The van der Waals surface area contributed by atoms with Crippen LogP contribution in [0, 0.1) is 17.6 Å². The molecule has 0 aromatic heterocycles. The third-order valence-electron chi connectivity index (χ3n) is 4.55. The smallest absolute Gasteiger partial charge is 0.127 e. The van der Waals surface area contributed by atoms with Crippen LogP contribution in [0.1, 0.15) is 32.3 Å². The molecule has 1 aliphatic rings. The minimum Gasteiger partial charge on any atom is -0.396 e. The van der Waals surface area contributed by atoms with E-state index in [0.29, 0.717) is 18.0 Å². The molecule has 1 fully saturated rings. The molecule has 0 unspecified atom stereocenters. The van der Waals surface area contributed by atoms with Crippen molar-refractivity contribution in [3.05, 3.63) is 35.4 Å².